The van der Waals surface area contributed by atoms with Crippen molar-refractivity contribution in [1.82, 2.24) is 4.98 Å². The van der Waals surface area contributed by atoms with Crippen molar-refractivity contribution in [1.29, 1.82) is 0 Å². The molecule has 0 fully saturated rings. The zero-order chi connectivity index (χ0) is 13.8. The van der Waals surface area contributed by atoms with E-state index in [4.69, 9.17) is 10.5 Å². The molecule has 2 aromatic rings. The fourth-order valence-corrected chi connectivity index (χ4v) is 1.80. The van der Waals surface area contributed by atoms with Crippen molar-refractivity contribution in [3.8, 4) is 5.88 Å². The van der Waals surface area contributed by atoms with E-state index >= 15 is 0 Å². The van der Waals surface area contributed by atoms with Gasteiger partial charge in [0.15, 0.2) is 0 Å². The number of rotatable bonds is 3. The van der Waals surface area contributed by atoms with Crippen LogP contribution in [0.3, 0.4) is 0 Å². The smallest absolute Gasteiger partial charge is 0.263 e. The van der Waals surface area contributed by atoms with Crippen LogP contribution < -0.4 is 15.4 Å². The van der Waals surface area contributed by atoms with E-state index in [1.165, 1.54) is 12.0 Å². The Morgan fingerprint density at radius 1 is 1.26 bits per heavy atom. The number of nitrogens with zero attached hydrogens (tertiary/aromatic N) is 2. The van der Waals surface area contributed by atoms with Gasteiger partial charge in [0.05, 0.1) is 18.5 Å². The summed E-state index contributed by atoms with van der Waals surface area (Å²) >= 11 is 0. The van der Waals surface area contributed by atoms with E-state index in [1.54, 1.807) is 37.5 Å². The van der Waals surface area contributed by atoms with Crippen LogP contribution in [0.5, 0.6) is 5.88 Å². The number of nitrogen functional groups attached to an aromatic ring is 1. The van der Waals surface area contributed by atoms with Gasteiger partial charge >= 0.3 is 0 Å². The third-order valence-electron chi connectivity index (χ3n) is 2.80. The minimum atomic E-state index is -0.220. The number of aromatic nitrogens is 1. The fourth-order valence-electron chi connectivity index (χ4n) is 1.80. The highest BCUT2D eigenvalue weighted by atomic mass is 16.5. The van der Waals surface area contributed by atoms with Gasteiger partial charge in [0.1, 0.15) is 5.56 Å². The second kappa shape index (κ2) is 5.39. The average molecular weight is 257 g/mol. The van der Waals surface area contributed by atoms with Crippen LogP contribution in [0.25, 0.3) is 0 Å². The molecule has 0 bridgehead atoms. The molecule has 1 amide bonds. The molecule has 2 N–H and O–H groups in total. The van der Waals surface area contributed by atoms with E-state index in [0.29, 0.717) is 22.8 Å². The van der Waals surface area contributed by atoms with Crippen molar-refractivity contribution < 1.29 is 9.53 Å². The normalized spacial score (nSPS) is 10.0. The van der Waals surface area contributed by atoms with Crippen LogP contribution >= 0.6 is 0 Å². The molecule has 2 rings (SSSR count). The van der Waals surface area contributed by atoms with Crippen LogP contribution in [0.15, 0.2) is 42.6 Å². The first kappa shape index (κ1) is 12.9. The summed E-state index contributed by atoms with van der Waals surface area (Å²) in [6.45, 7) is 0. The number of carbonyl (C=O) groups excluding carboxylic acids is 1. The number of carbonyl (C=O) groups is 1. The molecule has 0 aliphatic carbocycles. The number of anilines is 2. The topological polar surface area (TPSA) is 68.5 Å². The summed E-state index contributed by atoms with van der Waals surface area (Å²) in [7, 11) is 3.15. The lowest BCUT2D eigenvalue weighted by Gasteiger charge is -2.19. The first-order valence-corrected chi connectivity index (χ1v) is 5.76. The highest BCUT2D eigenvalue weighted by Crippen LogP contribution is 2.24. The number of para-hydroxylation sites is 2. The maximum atomic E-state index is 12.4. The van der Waals surface area contributed by atoms with E-state index in [0.717, 1.165) is 0 Å². The van der Waals surface area contributed by atoms with Gasteiger partial charge < -0.3 is 15.4 Å². The van der Waals surface area contributed by atoms with Crippen LogP contribution in [-0.4, -0.2) is 25.0 Å². The molecule has 1 heterocycles. The molecule has 0 atom stereocenters. The quantitative estimate of drug-likeness (QED) is 0.853. The van der Waals surface area contributed by atoms with Gasteiger partial charge in [0.2, 0.25) is 5.88 Å². The highest BCUT2D eigenvalue weighted by Gasteiger charge is 2.19. The first-order valence-electron chi connectivity index (χ1n) is 5.76. The lowest BCUT2D eigenvalue weighted by molar-refractivity contribution is 0.0989. The highest BCUT2D eigenvalue weighted by molar-refractivity contribution is 6.08. The number of ether oxygens (including phenoxy) is 1. The van der Waals surface area contributed by atoms with Gasteiger partial charge in [-0.2, -0.15) is 0 Å². The van der Waals surface area contributed by atoms with Gasteiger partial charge in [-0.1, -0.05) is 12.1 Å². The zero-order valence-corrected chi connectivity index (χ0v) is 10.8. The maximum absolute atomic E-state index is 12.4. The van der Waals surface area contributed by atoms with Crippen molar-refractivity contribution in [3.63, 3.8) is 0 Å². The second-order valence-electron chi connectivity index (χ2n) is 3.98. The molecule has 5 nitrogen and oxygen atoms in total. The average Bonchev–Trinajstić information content (AvgIpc) is 2.46. The third kappa shape index (κ3) is 2.49. The van der Waals surface area contributed by atoms with Gasteiger partial charge in [-0.3, -0.25) is 4.79 Å². The van der Waals surface area contributed by atoms with Gasteiger partial charge in [0, 0.05) is 13.2 Å². The number of pyridine rings is 1. The number of amides is 1. The summed E-state index contributed by atoms with van der Waals surface area (Å²) in [5, 5.41) is 0. The van der Waals surface area contributed by atoms with E-state index in [1.807, 2.05) is 12.1 Å². The summed E-state index contributed by atoms with van der Waals surface area (Å²) in [5.74, 6) is 0.0803. The molecule has 0 radical (unpaired) electrons. The second-order valence-corrected chi connectivity index (χ2v) is 3.98. The number of methoxy groups -OCH3 is 1. The molecule has 98 valence electrons. The Labute approximate surface area is 111 Å². The molecular formula is C14H15N3O2. The van der Waals surface area contributed by atoms with Crippen molar-refractivity contribution in [3.05, 3.63) is 48.2 Å². The Kier molecular flexibility index (Phi) is 3.66. The van der Waals surface area contributed by atoms with Crippen molar-refractivity contribution in [2.75, 3.05) is 24.8 Å². The molecule has 0 saturated heterocycles. The van der Waals surface area contributed by atoms with E-state index in [2.05, 4.69) is 4.98 Å². The van der Waals surface area contributed by atoms with Crippen molar-refractivity contribution in [2.24, 2.45) is 0 Å². The Morgan fingerprint density at radius 2 is 2.00 bits per heavy atom. The number of hydrogen-bond acceptors (Lipinski definition) is 4. The van der Waals surface area contributed by atoms with E-state index in [9.17, 15) is 4.79 Å². The largest absolute Gasteiger partial charge is 0.480 e. The van der Waals surface area contributed by atoms with Crippen LogP contribution in [0.2, 0.25) is 0 Å². The molecule has 1 aromatic carbocycles. The molecule has 0 unspecified atom stereocenters. The van der Waals surface area contributed by atoms with Gasteiger partial charge in [0.25, 0.3) is 5.91 Å². The van der Waals surface area contributed by atoms with Crippen LogP contribution in [0.1, 0.15) is 10.4 Å². The molecular weight excluding hydrogens is 242 g/mol. The van der Waals surface area contributed by atoms with Crippen molar-refractivity contribution >= 4 is 17.3 Å². The molecule has 1 aromatic heterocycles. The SMILES string of the molecule is COc1ncccc1C(=O)N(C)c1ccccc1N. The summed E-state index contributed by atoms with van der Waals surface area (Å²) in [6, 6.07) is 10.6. The lowest BCUT2D eigenvalue weighted by atomic mass is 10.2. The molecule has 0 aliphatic heterocycles. The Hall–Kier alpha value is -2.56. The first-order chi connectivity index (χ1) is 9.15. The van der Waals surface area contributed by atoms with Crippen LogP contribution in [0, 0.1) is 0 Å². The predicted octanol–water partition coefficient (Wildman–Crippen LogP) is 1.95. The van der Waals surface area contributed by atoms with Gasteiger partial charge in [-0.15, -0.1) is 0 Å². The zero-order valence-electron chi connectivity index (χ0n) is 10.8. The summed E-state index contributed by atoms with van der Waals surface area (Å²) < 4.78 is 5.09. The third-order valence-corrected chi connectivity index (χ3v) is 2.80. The van der Waals surface area contributed by atoms with Crippen LogP contribution in [0.4, 0.5) is 11.4 Å². The summed E-state index contributed by atoms with van der Waals surface area (Å²) in [5.41, 5.74) is 7.46. The minimum absolute atomic E-state index is 0.220. The fraction of sp³-hybridized carbons (Fsp3) is 0.143. The van der Waals surface area contributed by atoms with Gasteiger partial charge in [-0.05, 0) is 24.3 Å². The summed E-state index contributed by atoms with van der Waals surface area (Å²) in [4.78, 5) is 17.9. The monoisotopic (exact) mass is 257 g/mol. The Bertz CT molecular complexity index is 599. The Balaban J connectivity index is 2.37. The lowest BCUT2D eigenvalue weighted by Crippen LogP contribution is -2.27. The predicted molar refractivity (Wildman–Crippen MR) is 74.4 cm³/mol. The molecule has 5 heteroatoms. The van der Waals surface area contributed by atoms with Crippen LogP contribution in [-0.2, 0) is 0 Å². The van der Waals surface area contributed by atoms with Gasteiger partial charge in [-0.25, -0.2) is 4.98 Å². The molecule has 0 spiro atoms. The van der Waals surface area contributed by atoms with E-state index in [-0.39, 0.29) is 5.91 Å². The minimum Gasteiger partial charge on any atom is -0.480 e. The van der Waals surface area contributed by atoms with Crippen molar-refractivity contribution in [2.45, 2.75) is 0 Å². The maximum Gasteiger partial charge on any atom is 0.263 e. The summed E-state index contributed by atoms with van der Waals surface area (Å²) in [6.07, 6.45) is 1.58. The molecule has 0 saturated carbocycles. The molecule has 19 heavy (non-hydrogen) atoms. The number of nitrogens with two attached hydrogens (primary N) is 1. The Morgan fingerprint density at radius 3 is 2.68 bits per heavy atom. The van der Waals surface area contributed by atoms with E-state index < -0.39 is 0 Å². The molecule has 0 aliphatic rings. The number of benzene rings is 1. The number of hydrogen-bond donors (Lipinski definition) is 1. The standard InChI is InChI=1S/C14H15N3O2/c1-17(12-8-4-3-7-11(12)15)14(18)10-6-5-9-16-13(10)19-2/h3-9H,15H2,1-2H3.